The molecule has 6 heteroatoms. The van der Waals surface area contributed by atoms with Crippen molar-refractivity contribution >= 4 is 28.2 Å². The molecule has 0 bridgehead atoms. The predicted molar refractivity (Wildman–Crippen MR) is 100 cm³/mol. The Hall–Kier alpha value is -1.40. The van der Waals surface area contributed by atoms with Crippen molar-refractivity contribution in [1.29, 1.82) is 0 Å². The smallest absolute Gasteiger partial charge is 0.341 e. The number of ether oxygens (including phenoxy) is 1. The Morgan fingerprint density at radius 3 is 2.64 bits per heavy atom. The highest BCUT2D eigenvalue weighted by molar-refractivity contribution is 7.17. The molecule has 5 nitrogen and oxygen atoms in total. The summed E-state index contributed by atoms with van der Waals surface area (Å²) < 4.78 is 4.98. The van der Waals surface area contributed by atoms with Crippen LogP contribution in [0.5, 0.6) is 0 Å². The number of fused-ring (bicyclic) bond motifs is 1. The molecule has 0 aliphatic heterocycles. The normalized spacial score (nSPS) is 19.8. The van der Waals surface area contributed by atoms with Gasteiger partial charge < -0.3 is 10.1 Å². The summed E-state index contributed by atoms with van der Waals surface area (Å²) in [5, 5.41) is 3.67. The lowest BCUT2D eigenvalue weighted by Crippen LogP contribution is -2.39. The first-order valence-electron chi connectivity index (χ1n) is 9.19. The maximum atomic E-state index is 12.6. The third-order valence-corrected chi connectivity index (χ3v) is 6.33. The van der Waals surface area contributed by atoms with E-state index >= 15 is 0 Å². The summed E-state index contributed by atoms with van der Waals surface area (Å²) in [6, 6.07) is 0.874. The monoisotopic (exact) mass is 364 g/mol. The fraction of sp³-hybridized carbons (Fsp3) is 0.684. The molecule has 1 amide bonds. The van der Waals surface area contributed by atoms with Crippen LogP contribution in [0.4, 0.5) is 5.00 Å². The molecule has 2 aliphatic rings. The molecule has 2 aliphatic carbocycles. The first-order valence-corrected chi connectivity index (χ1v) is 10.0. The van der Waals surface area contributed by atoms with Gasteiger partial charge in [-0.25, -0.2) is 4.79 Å². The second-order valence-electron chi connectivity index (χ2n) is 7.59. The van der Waals surface area contributed by atoms with E-state index < -0.39 is 0 Å². The Bertz CT molecular complexity index is 662. The van der Waals surface area contributed by atoms with Crippen LogP contribution in [0.15, 0.2) is 0 Å². The molecular weight excluding hydrogens is 336 g/mol. The minimum atomic E-state index is -0.342. The maximum Gasteiger partial charge on any atom is 0.341 e. The lowest BCUT2D eigenvalue weighted by atomic mass is 9.88. The van der Waals surface area contributed by atoms with Crippen LogP contribution in [0, 0.1) is 5.92 Å². The number of anilines is 1. The summed E-state index contributed by atoms with van der Waals surface area (Å²) in [6.45, 7) is 6.85. The van der Waals surface area contributed by atoms with Crippen molar-refractivity contribution in [3.05, 3.63) is 16.0 Å². The summed E-state index contributed by atoms with van der Waals surface area (Å²) in [7, 11) is 1.40. The van der Waals surface area contributed by atoms with E-state index in [0.29, 0.717) is 35.1 Å². The number of methoxy groups -OCH3 is 1. The third kappa shape index (κ3) is 4.06. The number of hydrogen-bond donors (Lipinski definition) is 1. The Morgan fingerprint density at radius 2 is 2.04 bits per heavy atom. The fourth-order valence-electron chi connectivity index (χ4n) is 3.63. The van der Waals surface area contributed by atoms with Gasteiger partial charge in [0.15, 0.2) is 0 Å². The summed E-state index contributed by atoms with van der Waals surface area (Å²) in [4.78, 5) is 28.4. The van der Waals surface area contributed by atoms with Crippen LogP contribution in [0.25, 0.3) is 0 Å². The molecule has 0 saturated heterocycles. The van der Waals surface area contributed by atoms with Gasteiger partial charge in [-0.3, -0.25) is 9.69 Å². The van der Waals surface area contributed by atoms with Crippen LogP contribution in [0.2, 0.25) is 0 Å². The van der Waals surface area contributed by atoms with Crippen LogP contribution >= 0.6 is 11.3 Å². The van der Waals surface area contributed by atoms with E-state index in [1.165, 1.54) is 24.8 Å². The van der Waals surface area contributed by atoms with Crippen LogP contribution in [0.3, 0.4) is 0 Å². The van der Waals surface area contributed by atoms with Gasteiger partial charge in [-0.1, -0.05) is 6.92 Å². The molecule has 0 radical (unpaired) electrons. The molecule has 138 valence electrons. The van der Waals surface area contributed by atoms with Gasteiger partial charge in [-0.05, 0) is 57.4 Å². The van der Waals surface area contributed by atoms with Gasteiger partial charge in [-0.15, -0.1) is 11.3 Å². The summed E-state index contributed by atoms with van der Waals surface area (Å²) in [5.74, 6) is 0.231. The third-order valence-electron chi connectivity index (χ3n) is 5.16. The lowest BCUT2D eigenvalue weighted by Gasteiger charge is -2.25. The number of nitrogens with one attached hydrogen (secondary N) is 1. The van der Waals surface area contributed by atoms with E-state index in [-0.39, 0.29) is 11.9 Å². The second kappa shape index (κ2) is 7.46. The maximum absolute atomic E-state index is 12.6. The SMILES string of the molecule is COC(=O)c1c(NC(=O)CN(C(C)C)C2CC2)sc2c1CC[C@H](C)C2. The van der Waals surface area contributed by atoms with Gasteiger partial charge in [0.1, 0.15) is 5.00 Å². The zero-order valence-electron chi connectivity index (χ0n) is 15.6. The van der Waals surface area contributed by atoms with Gasteiger partial charge in [0.05, 0.1) is 19.2 Å². The lowest BCUT2D eigenvalue weighted by molar-refractivity contribution is -0.117. The number of carbonyl (C=O) groups excluding carboxylic acids is 2. The number of amides is 1. The predicted octanol–water partition coefficient (Wildman–Crippen LogP) is 3.47. The van der Waals surface area contributed by atoms with Crippen molar-refractivity contribution in [3.8, 4) is 0 Å². The van der Waals surface area contributed by atoms with Crippen molar-refractivity contribution in [1.82, 2.24) is 4.90 Å². The number of rotatable bonds is 6. The molecular formula is C19H28N2O3S. The topological polar surface area (TPSA) is 58.6 Å². The van der Waals surface area contributed by atoms with E-state index in [0.717, 1.165) is 24.8 Å². The molecule has 1 aromatic rings. The summed E-state index contributed by atoms with van der Waals surface area (Å²) >= 11 is 1.55. The van der Waals surface area contributed by atoms with Crippen molar-refractivity contribution in [2.75, 3.05) is 19.0 Å². The van der Waals surface area contributed by atoms with E-state index in [4.69, 9.17) is 4.74 Å². The number of nitrogens with zero attached hydrogens (tertiary/aromatic N) is 1. The van der Waals surface area contributed by atoms with Gasteiger partial charge in [-0.2, -0.15) is 0 Å². The molecule has 1 N–H and O–H groups in total. The average molecular weight is 365 g/mol. The van der Waals surface area contributed by atoms with Gasteiger partial charge in [0.25, 0.3) is 0 Å². The van der Waals surface area contributed by atoms with Crippen molar-refractivity contribution in [3.63, 3.8) is 0 Å². The minimum absolute atomic E-state index is 0.0441. The van der Waals surface area contributed by atoms with E-state index in [1.807, 2.05) is 0 Å². The Balaban J connectivity index is 1.79. The zero-order valence-corrected chi connectivity index (χ0v) is 16.4. The minimum Gasteiger partial charge on any atom is -0.465 e. The Morgan fingerprint density at radius 1 is 1.32 bits per heavy atom. The number of hydrogen-bond acceptors (Lipinski definition) is 5. The first kappa shape index (κ1) is 18.4. The summed E-state index contributed by atoms with van der Waals surface area (Å²) in [5.41, 5.74) is 1.65. The average Bonchev–Trinajstić information content (AvgIpc) is 3.33. The molecule has 0 spiro atoms. The van der Waals surface area contributed by atoms with E-state index in [9.17, 15) is 9.59 Å². The molecule has 1 aromatic heterocycles. The summed E-state index contributed by atoms with van der Waals surface area (Å²) in [6.07, 6.45) is 5.27. The number of carbonyl (C=O) groups is 2. The Labute approximate surface area is 153 Å². The van der Waals surface area contributed by atoms with Crippen molar-refractivity contribution < 1.29 is 14.3 Å². The van der Waals surface area contributed by atoms with Gasteiger partial charge in [0, 0.05) is 17.0 Å². The highest BCUT2D eigenvalue weighted by Gasteiger charge is 2.33. The largest absolute Gasteiger partial charge is 0.465 e. The molecule has 1 atom stereocenters. The first-order chi connectivity index (χ1) is 11.9. The van der Waals surface area contributed by atoms with E-state index in [1.54, 1.807) is 11.3 Å². The van der Waals surface area contributed by atoms with Crippen molar-refractivity contribution in [2.45, 2.75) is 65.0 Å². The van der Waals surface area contributed by atoms with Crippen LogP contribution < -0.4 is 5.32 Å². The fourth-order valence-corrected chi connectivity index (χ4v) is 5.04. The van der Waals surface area contributed by atoms with Crippen LogP contribution in [-0.4, -0.2) is 42.5 Å². The highest BCUT2D eigenvalue weighted by Crippen LogP contribution is 2.40. The van der Waals surface area contributed by atoms with E-state index in [2.05, 4.69) is 31.0 Å². The molecule has 25 heavy (non-hydrogen) atoms. The molecule has 1 fully saturated rings. The molecule has 3 rings (SSSR count). The van der Waals surface area contributed by atoms with Crippen LogP contribution in [0.1, 0.15) is 60.8 Å². The second-order valence-corrected chi connectivity index (χ2v) is 8.70. The number of esters is 1. The van der Waals surface area contributed by atoms with Gasteiger partial charge >= 0.3 is 5.97 Å². The standard InChI is InChI=1S/C19H28N2O3S/c1-11(2)21(13-6-7-13)10-16(22)20-18-17(19(23)24-4)14-8-5-12(3)9-15(14)25-18/h11-13H,5-10H2,1-4H3,(H,20,22)/t12-/m0/s1. The van der Waals surface area contributed by atoms with Gasteiger partial charge in [0.2, 0.25) is 5.91 Å². The quantitative estimate of drug-likeness (QED) is 0.785. The molecule has 1 saturated carbocycles. The Kier molecular flexibility index (Phi) is 5.49. The van der Waals surface area contributed by atoms with Crippen LogP contribution in [-0.2, 0) is 22.4 Å². The zero-order chi connectivity index (χ0) is 18.1. The van der Waals surface area contributed by atoms with Crippen molar-refractivity contribution in [2.24, 2.45) is 5.92 Å². The number of thiophene rings is 1. The molecule has 0 unspecified atom stereocenters. The molecule has 1 heterocycles. The molecule has 0 aromatic carbocycles. The highest BCUT2D eigenvalue weighted by atomic mass is 32.1.